The number of carbonyl (C=O) groups is 2. The van der Waals surface area contributed by atoms with Crippen LogP contribution < -0.4 is 10.1 Å². The number of phenolic OH excluding ortho intramolecular Hbond substituents is 2. The number of likely N-dealkylation sites (N-methyl/N-ethyl adjacent to an activating group) is 1. The third-order valence-corrected chi connectivity index (χ3v) is 3.73. The van der Waals surface area contributed by atoms with E-state index in [1.54, 1.807) is 11.9 Å². The number of ether oxygens (including phenoxy) is 1. The Balaban J connectivity index is 2.22. The molecule has 1 aromatic carbocycles. The maximum absolute atomic E-state index is 12.3. The van der Waals surface area contributed by atoms with Gasteiger partial charge in [-0.3, -0.25) is 9.59 Å². The monoisotopic (exact) mass is 322 g/mol. The van der Waals surface area contributed by atoms with Gasteiger partial charge in [0.25, 0.3) is 0 Å². The molecule has 2 rings (SSSR count). The smallest absolute Gasteiger partial charge is 0.222 e. The molecule has 23 heavy (non-hydrogen) atoms. The summed E-state index contributed by atoms with van der Waals surface area (Å²) < 4.78 is 5.52. The van der Waals surface area contributed by atoms with Crippen molar-refractivity contribution in [3.05, 3.63) is 17.7 Å². The molecule has 7 nitrogen and oxygen atoms in total. The van der Waals surface area contributed by atoms with Crippen LogP contribution in [0.4, 0.5) is 0 Å². The number of Topliss-reactive ketones (excluding diaryl/α,β-unsaturated/α-hetero) is 1. The first-order valence-corrected chi connectivity index (χ1v) is 7.65. The fourth-order valence-corrected chi connectivity index (χ4v) is 2.41. The molecule has 0 atom stereocenters. The van der Waals surface area contributed by atoms with Gasteiger partial charge in [0.1, 0.15) is 29.4 Å². The van der Waals surface area contributed by atoms with Crippen LogP contribution in [0.2, 0.25) is 0 Å². The van der Waals surface area contributed by atoms with Crippen molar-refractivity contribution in [1.29, 1.82) is 0 Å². The van der Waals surface area contributed by atoms with Gasteiger partial charge < -0.3 is 25.2 Å². The molecule has 0 spiro atoms. The zero-order valence-electron chi connectivity index (χ0n) is 13.2. The number of benzene rings is 1. The maximum Gasteiger partial charge on any atom is 0.222 e. The van der Waals surface area contributed by atoms with E-state index in [-0.39, 0.29) is 47.7 Å². The van der Waals surface area contributed by atoms with Gasteiger partial charge in [0.15, 0.2) is 5.78 Å². The number of rotatable bonds is 0. The molecule has 0 fully saturated rings. The summed E-state index contributed by atoms with van der Waals surface area (Å²) in [5, 5.41) is 22.5. The van der Waals surface area contributed by atoms with Crippen LogP contribution in [-0.4, -0.2) is 60.1 Å². The van der Waals surface area contributed by atoms with Gasteiger partial charge in [0, 0.05) is 25.6 Å². The summed E-state index contributed by atoms with van der Waals surface area (Å²) in [6.07, 6.45) is 2.00. The van der Waals surface area contributed by atoms with Crippen molar-refractivity contribution in [2.24, 2.45) is 0 Å². The van der Waals surface area contributed by atoms with Gasteiger partial charge in [-0.2, -0.15) is 0 Å². The summed E-state index contributed by atoms with van der Waals surface area (Å²) in [5.41, 5.74) is 0.0429. The summed E-state index contributed by atoms with van der Waals surface area (Å²) in [6, 6.07) is 2.40. The highest BCUT2D eigenvalue weighted by Crippen LogP contribution is 2.33. The zero-order valence-corrected chi connectivity index (χ0v) is 13.2. The molecule has 1 aromatic rings. The van der Waals surface area contributed by atoms with Gasteiger partial charge in [0.2, 0.25) is 5.91 Å². The molecule has 0 radical (unpaired) electrons. The summed E-state index contributed by atoms with van der Waals surface area (Å²) in [7, 11) is 1.70. The number of hydrogen-bond donors (Lipinski definition) is 3. The normalized spacial score (nSPS) is 18.0. The molecule has 1 aliphatic rings. The first-order valence-electron chi connectivity index (χ1n) is 7.65. The third-order valence-electron chi connectivity index (χ3n) is 3.73. The van der Waals surface area contributed by atoms with Crippen LogP contribution in [0.15, 0.2) is 12.1 Å². The summed E-state index contributed by atoms with van der Waals surface area (Å²) in [4.78, 5) is 25.8. The summed E-state index contributed by atoms with van der Waals surface area (Å²) >= 11 is 0. The summed E-state index contributed by atoms with van der Waals surface area (Å²) in [6.45, 7) is 1.19. The van der Waals surface area contributed by atoms with Gasteiger partial charge in [-0.25, -0.2) is 0 Å². The van der Waals surface area contributed by atoms with Gasteiger partial charge in [-0.1, -0.05) is 0 Å². The minimum absolute atomic E-state index is 0.0423. The Morgan fingerprint density at radius 2 is 2.00 bits per heavy atom. The molecule has 0 unspecified atom stereocenters. The highest BCUT2D eigenvalue weighted by atomic mass is 16.5. The molecule has 1 amide bonds. The molecule has 7 heteroatoms. The molecule has 126 valence electrons. The Hall–Kier alpha value is -2.28. The molecule has 0 saturated heterocycles. The van der Waals surface area contributed by atoms with Crippen molar-refractivity contribution in [3.8, 4) is 17.2 Å². The van der Waals surface area contributed by atoms with Crippen molar-refractivity contribution >= 4 is 11.7 Å². The lowest BCUT2D eigenvalue weighted by Crippen LogP contribution is -2.31. The molecule has 1 heterocycles. The van der Waals surface area contributed by atoms with E-state index in [1.165, 1.54) is 6.07 Å². The van der Waals surface area contributed by atoms with Crippen LogP contribution in [0.5, 0.6) is 17.2 Å². The number of carbonyl (C=O) groups excluding carboxylic acids is 2. The largest absolute Gasteiger partial charge is 0.508 e. The Morgan fingerprint density at radius 1 is 1.22 bits per heavy atom. The van der Waals surface area contributed by atoms with Crippen molar-refractivity contribution in [1.82, 2.24) is 10.2 Å². The Labute approximate surface area is 134 Å². The number of nitrogens with one attached hydrogen (secondary N) is 1. The quantitative estimate of drug-likeness (QED) is 0.656. The lowest BCUT2D eigenvalue weighted by molar-refractivity contribution is -0.130. The van der Waals surface area contributed by atoms with Crippen molar-refractivity contribution < 1.29 is 24.5 Å². The Kier molecular flexibility index (Phi) is 5.81. The van der Waals surface area contributed by atoms with Gasteiger partial charge in [0.05, 0.1) is 13.1 Å². The van der Waals surface area contributed by atoms with Crippen LogP contribution in [0.3, 0.4) is 0 Å². The van der Waals surface area contributed by atoms with E-state index in [4.69, 9.17) is 4.74 Å². The molecule has 3 N–H and O–H groups in total. The molecule has 1 aliphatic heterocycles. The van der Waals surface area contributed by atoms with E-state index < -0.39 is 0 Å². The first-order chi connectivity index (χ1) is 11.0. The highest BCUT2D eigenvalue weighted by molar-refractivity contribution is 6.02. The predicted octanol–water partition coefficient (Wildman–Crippen LogP) is 0.891. The van der Waals surface area contributed by atoms with Crippen LogP contribution >= 0.6 is 0 Å². The standard InChI is InChI=1S/C16H22N2O5/c1-18-6-7-23-14-9-11(19)8-12(20)16(14)13(21)10-17-5-3-2-4-15(18)22/h8-9,17,19-20H,2-7,10H2,1H3. The third kappa shape index (κ3) is 4.59. The SMILES string of the molecule is CN1CCOc2cc(O)cc(O)c2C(=O)CNCCCCC1=O. The van der Waals surface area contributed by atoms with E-state index in [0.29, 0.717) is 19.5 Å². The van der Waals surface area contributed by atoms with E-state index in [0.717, 1.165) is 18.9 Å². The second-order valence-electron chi connectivity index (χ2n) is 5.56. The molecule has 0 bridgehead atoms. The van der Waals surface area contributed by atoms with Crippen LogP contribution in [-0.2, 0) is 4.79 Å². The Morgan fingerprint density at radius 3 is 2.78 bits per heavy atom. The number of fused-ring (bicyclic) bond motifs is 1. The number of amides is 1. The second kappa shape index (κ2) is 7.82. The van der Waals surface area contributed by atoms with Crippen LogP contribution in [0.1, 0.15) is 29.6 Å². The highest BCUT2D eigenvalue weighted by Gasteiger charge is 2.20. The van der Waals surface area contributed by atoms with Crippen molar-refractivity contribution in [2.45, 2.75) is 19.3 Å². The lowest BCUT2D eigenvalue weighted by Gasteiger charge is -2.19. The number of hydrogen-bond acceptors (Lipinski definition) is 6. The van der Waals surface area contributed by atoms with E-state index in [1.807, 2.05) is 0 Å². The number of ketones is 1. The van der Waals surface area contributed by atoms with Gasteiger partial charge in [-0.05, 0) is 19.4 Å². The second-order valence-corrected chi connectivity index (χ2v) is 5.56. The molecular formula is C16H22N2O5. The average molecular weight is 322 g/mol. The van der Waals surface area contributed by atoms with Gasteiger partial charge >= 0.3 is 0 Å². The minimum atomic E-state index is -0.316. The molecular weight excluding hydrogens is 300 g/mol. The van der Waals surface area contributed by atoms with Crippen LogP contribution in [0.25, 0.3) is 0 Å². The van der Waals surface area contributed by atoms with Crippen molar-refractivity contribution in [2.75, 3.05) is 33.3 Å². The van der Waals surface area contributed by atoms with E-state index in [9.17, 15) is 19.8 Å². The van der Waals surface area contributed by atoms with Crippen LogP contribution in [0, 0.1) is 0 Å². The number of phenols is 2. The molecule has 0 saturated carbocycles. The van der Waals surface area contributed by atoms with Gasteiger partial charge in [-0.15, -0.1) is 0 Å². The molecule has 0 aromatic heterocycles. The van der Waals surface area contributed by atoms with E-state index >= 15 is 0 Å². The minimum Gasteiger partial charge on any atom is -0.508 e. The first kappa shape index (κ1) is 17.1. The maximum atomic E-state index is 12.3. The number of aromatic hydroxyl groups is 2. The fraction of sp³-hybridized carbons (Fsp3) is 0.500. The van der Waals surface area contributed by atoms with Crippen molar-refractivity contribution in [3.63, 3.8) is 0 Å². The van der Waals surface area contributed by atoms with E-state index in [2.05, 4.69) is 5.32 Å². The lowest BCUT2D eigenvalue weighted by atomic mass is 10.1. The average Bonchev–Trinajstić information content (AvgIpc) is 2.48. The molecule has 0 aliphatic carbocycles. The summed E-state index contributed by atoms with van der Waals surface area (Å²) in [5.74, 6) is -0.650. The topological polar surface area (TPSA) is 99.1 Å². The number of nitrogens with zero attached hydrogens (tertiary/aromatic N) is 1. The zero-order chi connectivity index (χ0) is 16.8. The fourth-order valence-electron chi connectivity index (χ4n) is 2.41. The predicted molar refractivity (Wildman–Crippen MR) is 84.0 cm³/mol. The Bertz CT molecular complexity index is 588.